The van der Waals surface area contributed by atoms with E-state index in [1.54, 1.807) is 0 Å². The van der Waals surface area contributed by atoms with Crippen LogP contribution in [0.3, 0.4) is 0 Å². The molecule has 1 aliphatic heterocycles. The monoisotopic (exact) mass is 290 g/mol. The smallest absolute Gasteiger partial charge is 0.198 e. The highest BCUT2D eigenvalue weighted by Crippen LogP contribution is 2.36. The molecule has 114 valence electrons. The van der Waals surface area contributed by atoms with Gasteiger partial charge in [-0.2, -0.15) is 0 Å². The van der Waals surface area contributed by atoms with Gasteiger partial charge in [0.1, 0.15) is 6.61 Å². The average molecular weight is 290 g/mol. The highest BCUT2D eigenvalue weighted by atomic mass is 28.4. The van der Waals surface area contributed by atoms with Crippen molar-refractivity contribution >= 4 is 8.32 Å². The number of rotatable bonds is 6. The predicted molar refractivity (Wildman–Crippen MR) is 78.4 cm³/mol. The molecule has 0 bridgehead atoms. The van der Waals surface area contributed by atoms with Gasteiger partial charge in [0, 0.05) is 6.42 Å². The van der Waals surface area contributed by atoms with E-state index in [0.29, 0.717) is 13.2 Å². The fourth-order valence-corrected chi connectivity index (χ4v) is 2.71. The van der Waals surface area contributed by atoms with Crippen molar-refractivity contribution in [2.45, 2.75) is 70.9 Å². The second-order valence-electron chi connectivity index (χ2n) is 6.95. The standard InChI is InChI=1S/C14H30O4Si/c1-13(2,3)19(5,6)17-12-11-16-18-14(4)9-7-8-10-15-14/h7-12H2,1-6H3. The minimum Gasteiger partial charge on any atom is -0.414 e. The highest BCUT2D eigenvalue weighted by Gasteiger charge is 2.37. The minimum atomic E-state index is -1.68. The van der Waals surface area contributed by atoms with Crippen molar-refractivity contribution in [3.8, 4) is 0 Å². The molecule has 0 aliphatic carbocycles. The molecule has 1 atom stereocenters. The van der Waals surface area contributed by atoms with Crippen LogP contribution < -0.4 is 0 Å². The van der Waals surface area contributed by atoms with E-state index in [0.717, 1.165) is 25.9 Å². The summed E-state index contributed by atoms with van der Waals surface area (Å²) in [6.07, 6.45) is 3.11. The van der Waals surface area contributed by atoms with Crippen LogP contribution in [-0.4, -0.2) is 33.9 Å². The van der Waals surface area contributed by atoms with Crippen LogP contribution in [0, 0.1) is 0 Å². The van der Waals surface area contributed by atoms with Crippen LogP contribution in [-0.2, 0) is 18.9 Å². The Hall–Kier alpha value is 0.0569. The fourth-order valence-electron chi connectivity index (χ4n) is 1.69. The van der Waals surface area contributed by atoms with Crippen LogP contribution in [0.15, 0.2) is 0 Å². The molecule has 0 aromatic rings. The molecular weight excluding hydrogens is 260 g/mol. The molecule has 0 saturated carbocycles. The Morgan fingerprint density at radius 1 is 1.16 bits per heavy atom. The zero-order chi connectivity index (χ0) is 14.6. The maximum Gasteiger partial charge on any atom is 0.198 e. The van der Waals surface area contributed by atoms with Crippen LogP contribution in [0.4, 0.5) is 0 Å². The lowest BCUT2D eigenvalue weighted by Gasteiger charge is -2.36. The van der Waals surface area contributed by atoms with Crippen molar-refractivity contribution in [1.82, 2.24) is 0 Å². The highest BCUT2D eigenvalue weighted by molar-refractivity contribution is 6.74. The molecule has 0 spiro atoms. The average Bonchev–Trinajstić information content (AvgIpc) is 2.27. The maximum absolute atomic E-state index is 6.01. The zero-order valence-electron chi connectivity index (χ0n) is 13.4. The summed E-state index contributed by atoms with van der Waals surface area (Å²) in [5.41, 5.74) is 0. The molecular formula is C14H30O4Si. The van der Waals surface area contributed by atoms with E-state index in [1.165, 1.54) is 0 Å². The SMILES string of the molecule is CC1(OOCCO[Si](C)(C)C(C)(C)C)CCCCO1. The first-order valence-corrected chi connectivity index (χ1v) is 10.2. The predicted octanol–water partition coefficient (Wildman–Crippen LogP) is 3.87. The van der Waals surface area contributed by atoms with Crippen LogP contribution in [0.5, 0.6) is 0 Å². The van der Waals surface area contributed by atoms with E-state index in [1.807, 2.05) is 6.92 Å². The van der Waals surface area contributed by atoms with Gasteiger partial charge in [0.2, 0.25) is 0 Å². The Bertz CT molecular complexity index is 267. The summed E-state index contributed by atoms with van der Waals surface area (Å²) in [5.74, 6) is -0.574. The summed E-state index contributed by atoms with van der Waals surface area (Å²) in [6.45, 7) is 14.9. The Morgan fingerprint density at radius 3 is 2.37 bits per heavy atom. The van der Waals surface area contributed by atoms with E-state index in [4.69, 9.17) is 18.9 Å². The molecule has 1 saturated heterocycles. The van der Waals surface area contributed by atoms with Crippen molar-refractivity contribution in [3.63, 3.8) is 0 Å². The molecule has 4 nitrogen and oxygen atoms in total. The summed E-state index contributed by atoms with van der Waals surface area (Å²) in [6, 6.07) is 0. The van der Waals surface area contributed by atoms with Gasteiger partial charge < -0.3 is 9.16 Å². The molecule has 1 fully saturated rings. The summed E-state index contributed by atoms with van der Waals surface area (Å²) in [7, 11) is -1.68. The Labute approximate surface area is 118 Å². The summed E-state index contributed by atoms with van der Waals surface area (Å²) >= 11 is 0. The lowest BCUT2D eigenvalue weighted by atomic mass is 10.1. The molecule has 1 rings (SSSR count). The lowest BCUT2D eigenvalue weighted by Crippen LogP contribution is -2.42. The van der Waals surface area contributed by atoms with Crippen molar-refractivity contribution in [1.29, 1.82) is 0 Å². The lowest BCUT2D eigenvalue weighted by molar-refractivity contribution is -0.431. The van der Waals surface area contributed by atoms with Crippen molar-refractivity contribution < 1.29 is 18.9 Å². The molecule has 1 heterocycles. The van der Waals surface area contributed by atoms with Gasteiger partial charge in [0.05, 0.1) is 13.2 Å². The van der Waals surface area contributed by atoms with E-state index < -0.39 is 14.1 Å². The molecule has 0 aromatic carbocycles. The van der Waals surface area contributed by atoms with Crippen LogP contribution in [0.25, 0.3) is 0 Å². The molecule has 0 radical (unpaired) electrons. The van der Waals surface area contributed by atoms with Crippen molar-refractivity contribution in [2.75, 3.05) is 19.8 Å². The van der Waals surface area contributed by atoms with Gasteiger partial charge in [-0.05, 0) is 37.9 Å². The van der Waals surface area contributed by atoms with Gasteiger partial charge >= 0.3 is 0 Å². The van der Waals surface area contributed by atoms with Crippen LogP contribution in [0.1, 0.15) is 47.0 Å². The number of ether oxygens (including phenoxy) is 1. The van der Waals surface area contributed by atoms with Crippen LogP contribution >= 0.6 is 0 Å². The fraction of sp³-hybridized carbons (Fsp3) is 1.00. The third-order valence-electron chi connectivity index (χ3n) is 4.10. The molecule has 0 amide bonds. The molecule has 1 unspecified atom stereocenters. The quantitative estimate of drug-likeness (QED) is 0.322. The second kappa shape index (κ2) is 6.67. The van der Waals surface area contributed by atoms with Gasteiger partial charge in [-0.25, -0.2) is 9.78 Å². The van der Waals surface area contributed by atoms with E-state index in [9.17, 15) is 0 Å². The van der Waals surface area contributed by atoms with E-state index >= 15 is 0 Å². The van der Waals surface area contributed by atoms with Gasteiger partial charge in [0.25, 0.3) is 0 Å². The first-order valence-electron chi connectivity index (χ1n) is 7.25. The molecule has 1 aliphatic rings. The maximum atomic E-state index is 6.01. The summed E-state index contributed by atoms with van der Waals surface area (Å²) in [5, 5.41) is 0.228. The Kier molecular flexibility index (Phi) is 6.01. The zero-order valence-corrected chi connectivity index (χ0v) is 14.4. The van der Waals surface area contributed by atoms with Crippen molar-refractivity contribution in [2.24, 2.45) is 0 Å². The Morgan fingerprint density at radius 2 is 1.84 bits per heavy atom. The molecule has 5 heteroatoms. The largest absolute Gasteiger partial charge is 0.414 e. The first kappa shape index (κ1) is 17.1. The van der Waals surface area contributed by atoms with Crippen LogP contribution in [0.2, 0.25) is 18.1 Å². The number of hydrogen-bond donors (Lipinski definition) is 0. The molecule has 19 heavy (non-hydrogen) atoms. The van der Waals surface area contributed by atoms with Gasteiger partial charge in [-0.1, -0.05) is 20.8 Å². The Balaban J connectivity index is 2.17. The summed E-state index contributed by atoms with van der Waals surface area (Å²) < 4.78 is 11.6. The second-order valence-corrected chi connectivity index (χ2v) is 11.8. The van der Waals surface area contributed by atoms with Gasteiger partial charge in [-0.3, -0.25) is 0 Å². The third-order valence-corrected chi connectivity index (χ3v) is 8.64. The molecule has 0 N–H and O–H groups in total. The van der Waals surface area contributed by atoms with Crippen molar-refractivity contribution in [3.05, 3.63) is 0 Å². The molecule has 0 aromatic heterocycles. The topological polar surface area (TPSA) is 36.9 Å². The summed E-state index contributed by atoms with van der Waals surface area (Å²) in [4.78, 5) is 10.6. The number of hydrogen-bond acceptors (Lipinski definition) is 4. The van der Waals surface area contributed by atoms with E-state index in [-0.39, 0.29) is 5.04 Å². The normalized spacial score (nSPS) is 25.6. The first-order chi connectivity index (χ1) is 8.66. The van der Waals surface area contributed by atoms with Gasteiger partial charge in [0.15, 0.2) is 14.1 Å². The minimum absolute atomic E-state index is 0.228. The third kappa shape index (κ3) is 5.51. The van der Waals surface area contributed by atoms with E-state index in [2.05, 4.69) is 33.9 Å². The van der Waals surface area contributed by atoms with Gasteiger partial charge in [-0.15, -0.1) is 0 Å².